The minimum atomic E-state index is -0.904. The molecule has 9 nitrogen and oxygen atoms in total. The van der Waals surface area contributed by atoms with Gasteiger partial charge in [-0.05, 0) is 35.9 Å². The van der Waals surface area contributed by atoms with E-state index in [0.717, 1.165) is 6.07 Å². The minimum absolute atomic E-state index is 0.0360. The fourth-order valence-corrected chi connectivity index (χ4v) is 3.70. The highest BCUT2D eigenvalue weighted by Crippen LogP contribution is 2.43. The summed E-state index contributed by atoms with van der Waals surface area (Å²) in [4.78, 5) is 12.6. The molecule has 1 heterocycles. The van der Waals surface area contributed by atoms with Crippen LogP contribution in [0.2, 0.25) is 0 Å². The normalized spacial score (nSPS) is 17.1. The van der Waals surface area contributed by atoms with Crippen molar-refractivity contribution in [3.8, 4) is 40.2 Å². The van der Waals surface area contributed by atoms with Crippen molar-refractivity contribution >= 4 is 12.0 Å². The van der Waals surface area contributed by atoms with Crippen molar-refractivity contribution in [3.63, 3.8) is 0 Å². The SMILES string of the molecule is COc1cc(/C=C/C(=O)O[C@@H]2Cc3c(O)cc(O)cc3O[C@@H]2c2ccc(O)c(O)c2)ccc1O. The first-order valence-corrected chi connectivity index (χ1v) is 10.2. The molecule has 5 N–H and O–H groups in total. The number of ether oxygens (including phenoxy) is 3. The molecule has 0 fully saturated rings. The van der Waals surface area contributed by atoms with Gasteiger partial charge in [0.2, 0.25) is 0 Å². The number of benzene rings is 3. The van der Waals surface area contributed by atoms with Gasteiger partial charge in [0.25, 0.3) is 0 Å². The predicted octanol–water partition coefficient (Wildman–Crippen LogP) is 3.52. The summed E-state index contributed by atoms with van der Waals surface area (Å²) in [6, 6.07) is 11.1. The van der Waals surface area contributed by atoms with Gasteiger partial charge in [0, 0.05) is 35.8 Å². The van der Waals surface area contributed by atoms with E-state index in [1.807, 2.05) is 0 Å². The minimum Gasteiger partial charge on any atom is -0.508 e. The van der Waals surface area contributed by atoms with E-state index in [1.54, 1.807) is 12.1 Å². The van der Waals surface area contributed by atoms with Gasteiger partial charge < -0.3 is 39.7 Å². The summed E-state index contributed by atoms with van der Waals surface area (Å²) < 4.78 is 16.6. The standard InChI is InChI=1S/C25H22O9/c1-32-22-8-13(2-5-18(22)28)3-7-24(31)33-23-12-16-19(29)10-15(26)11-21(16)34-25(23)14-4-6-17(27)20(30)9-14/h2-11,23,25-30H,12H2,1H3/b7-3+/t23-,25-/m1/s1. The lowest BCUT2D eigenvalue weighted by Gasteiger charge is -2.33. The van der Waals surface area contributed by atoms with E-state index in [-0.39, 0.29) is 46.7 Å². The average Bonchev–Trinajstić information content (AvgIpc) is 2.80. The van der Waals surface area contributed by atoms with Crippen molar-refractivity contribution in [2.24, 2.45) is 0 Å². The maximum atomic E-state index is 12.6. The van der Waals surface area contributed by atoms with E-state index in [9.17, 15) is 30.3 Å². The van der Waals surface area contributed by atoms with E-state index in [4.69, 9.17) is 14.2 Å². The van der Waals surface area contributed by atoms with Gasteiger partial charge >= 0.3 is 5.97 Å². The summed E-state index contributed by atoms with van der Waals surface area (Å²) in [7, 11) is 1.41. The van der Waals surface area contributed by atoms with E-state index in [1.165, 1.54) is 49.6 Å². The maximum absolute atomic E-state index is 12.6. The number of aromatic hydroxyl groups is 5. The van der Waals surface area contributed by atoms with Crippen LogP contribution in [0.4, 0.5) is 0 Å². The topological polar surface area (TPSA) is 146 Å². The third kappa shape index (κ3) is 4.63. The van der Waals surface area contributed by atoms with Crippen LogP contribution in [-0.4, -0.2) is 44.7 Å². The molecule has 3 aromatic carbocycles. The Kier molecular flexibility index (Phi) is 6.09. The lowest BCUT2D eigenvalue weighted by molar-refractivity contribution is -0.149. The van der Waals surface area contributed by atoms with E-state index in [2.05, 4.69) is 0 Å². The zero-order chi connectivity index (χ0) is 24.4. The second-order valence-corrected chi connectivity index (χ2v) is 7.67. The quantitative estimate of drug-likeness (QED) is 0.216. The predicted molar refractivity (Wildman–Crippen MR) is 120 cm³/mol. The summed E-state index contributed by atoms with van der Waals surface area (Å²) in [5.74, 6) is -1.40. The molecule has 1 aliphatic heterocycles. The van der Waals surface area contributed by atoms with Crippen molar-refractivity contribution in [1.29, 1.82) is 0 Å². The molecule has 0 spiro atoms. The summed E-state index contributed by atoms with van der Waals surface area (Å²) in [6.07, 6.45) is 0.951. The summed E-state index contributed by atoms with van der Waals surface area (Å²) in [5.41, 5.74) is 1.35. The van der Waals surface area contributed by atoms with Crippen molar-refractivity contribution < 1.29 is 44.5 Å². The van der Waals surface area contributed by atoms with Gasteiger partial charge in [0.05, 0.1) is 7.11 Å². The van der Waals surface area contributed by atoms with Gasteiger partial charge in [0.1, 0.15) is 23.4 Å². The highest BCUT2D eigenvalue weighted by molar-refractivity contribution is 5.87. The Bertz CT molecular complexity index is 1270. The van der Waals surface area contributed by atoms with Gasteiger partial charge in [-0.25, -0.2) is 4.79 Å². The van der Waals surface area contributed by atoms with Crippen molar-refractivity contribution in [1.82, 2.24) is 0 Å². The molecule has 34 heavy (non-hydrogen) atoms. The molecular formula is C25H22O9. The van der Waals surface area contributed by atoms with E-state index < -0.39 is 18.2 Å². The molecule has 176 valence electrons. The van der Waals surface area contributed by atoms with Crippen LogP contribution in [0.1, 0.15) is 22.8 Å². The number of phenols is 5. The molecule has 0 saturated carbocycles. The molecule has 2 atom stereocenters. The molecule has 3 aromatic rings. The number of esters is 1. The molecule has 0 aromatic heterocycles. The van der Waals surface area contributed by atoms with Crippen LogP contribution in [0, 0.1) is 0 Å². The van der Waals surface area contributed by atoms with Gasteiger partial charge in [-0.2, -0.15) is 0 Å². The Morgan fingerprint density at radius 3 is 2.44 bits per heavy atom. The zero-order valence-corrected chi connectivity index (χ0v) is 18.0. The third-order valence-corrected chi connectivity index (χ3v) is 5.38. The van der Waals surface area contributed by atoms with E-state index in [0.29, 0.717) is 16.7 Å². The molecule has 4 rings (SSSR count). The fourth-order valence-electron chi connectivity index (χ4n) is 3.70. The number of fused-ring (bicyclic) bond motifs is 1. The first-order valence-electron chi connectivity index (χ1n) is 10.2. The van der Waals surface area contributed by atoms with Gasteiger partial charge in [-0.1, -0.05) is 12.1 Å². The summed E-state index contributed by atoms with van der Waals surface area (Å²) in [5, 5.41) is 49.3. The number of rotatable bonds is 5. The zero-order valence-electron chi connectivity index (χ0n) is 18.0. The van der Waals surface area contributed by atoms with Gasteiger partial charge in [-0.15, -0.1) is 0 Å². The maximum Gasteiger partial charge on any atom is 0.331 e. The Balaban J connectivity index is 1.61. The molecule has 1 aliphatic rings. The molecule has 0 saturated heterocycles. The Morgan fingerprint density at radius 1 is 0.941 bits per heavy atom. The first kappa shape index (κ1) is 22.7. The fraction of sp³-hybridized carbons (Fsp3) is 0.160. The van der Waals surface area contributed by atoms with Crippen molar-refractivity contribution in [3.05, 3.63) is 71.3 Å². The second kappa shape index (κ2) is 9.14. The van der Waals surface area contributed by atoms with Gasteiger partial charge in [0.15, 0.2) is 29.1 Å². The van der Waals surface area contributed by atoms with Crippen molar-refractivity contribution in [2.45, 2.75) is 18.6 Å². The second-order valence-electron chi connectivity index (χ2n) is 7.67. The molecular weight excluding hydrogens is 444 g/mol. The van der Waals surface area contributed by atoms with Gasteiger partial charge in [-0.3, -0.25) is 0 Å². The summed E-state index contributed by atoms with van der Waals surface area (Å²) >= 11 is 0. The number of methoxy groups -OCH3 is 1. The third-order valence-electron chi connectivity index (χ3n) is 5.38. The van der Waals surface area contributed by atoms with Crippen LogP contribution in [0.3, 0.4) is 0 Å². The smallest absolute Gasteiger partial charge is 0.331 e. The molecule has 0 aliphatic carbocycles. The number of carbonyl (C=O) groups is 1. The van der Waals surface area contributed by atoms with Crippen LogP contribution >= 0.6 is 0 Å². The number of carbonyl (C=O) groups excluding carboxylic acids is 1. The Morgan fingerprint density at radius 2 is 1.71 bits per heavy atom. The highest BCUT2D eigenvalue weighted by Gasteiger charge is 2.36. The highest BCUT2D eigenvalue weighted by atomic mass is 16.6. The van der Waals surface area contributed by atoms with E-state index >= 15 is 0 Å². The lowest BCUT2D eigenvalue weighted by atomic mass is 9.93. The largest absolute Gasteiger partial charge is 0.508 e. The van der Waals surface area contributed by atoms with Crippen LogP contribution in [-0.2, 0) is 16.0 Å². The number of phenolic OH excluding ortho intramolecular Hbond substituents is 5. The first-order chi connectivity index (χ1) is 16.2. The van der Waals surface area contributed by atoms with Crippen molar-refractivity contribution in [2.75, 3.05) is 7.11 Å². The van der Waals surface area contributed by atoms with Crippen LogP contribution in [0.5, 0.6) is 40.2 Å². The average molecular weight is 466 g/mol. The molecule has 0 unspecified atom stereocenters. The van der Waals surface area contributed by atoms with Crippen LogP contribution in [0.15, 0.2) is 54.6 Å². The number of hydrogen-bond acceptors (Lipinski definition) is 9. The van der Waals surface area contributed by atoms with Crippen LogP contribution in [0.25, 0.3) is 6.08 Å². The summed E-state index contributed by atoms with van der Waals surface area (Å²) in [6.45, 7) is 0. The molecule has 0 bridgehead atoms. The molecule has 0 radical (unpaired) electrons. The lowest BCUT2D eigenvalue weighted by Crippen LogP contribution is -2.34. The molecule has 9 heteroatoms. The Hall–Kier alpha value is -4.53. The molecule has 0 amide bonds. The van der Waals surface area contributed by atoms with Crippen LogP contribution < -0.4 is 9.47 Å². The monoisotopic (exact) mass is 466 g/mol. The number of hydrogen-bond donors (Lipinski definition) is 5. The Labute approximate surface area is 194 Å².